The number of aromatic nitrogens is 5. The first-order chi connectivity index (χ1) is 16.9. The molecule has 0 atom stereocenters. The molecular weight excluding hydrogens is 543 g/mol. The number of hydrogen-bond acceptors (Lipinski definition) is 7. The number of halogens is 4. The predicted molar refractivity (Wildman–Crippen MR) is 125 cm³/mol. The summed E-state index contributed by atoms with van der Waals surface area (Å²) < 4.78 is 66.0. The zero-order valence-electron chi connectivity index (χ0n) is 18.5. The summed E-state index contributed by atoms with van der Waals surface area (Å²) in [7, 11) is -5.44. The van der Waals surface area contributed by atoms with Crippen LogP contribution < -0.4 is 5.32 Å². The summed E-state index contributed by atoms with van der Waals surface area (Å²) in [5, 5.41) is 7.14. The molecule has 1 aliphatic heterocycles. The van der Waals surface area contributed by atoms with E-state index in [1.165, 1.54) is 16.0 Å². The Bertz CT molecular complexity index is 1580. The summed E-state index contributed by atoms with van der Waals surface area (Å²) >= 11 is 7.28. The maximum absolute atomic E-state index is 12.9. The number of benzene rings is 1. The molecule has 1 aliphatic rings. The van der Waals surface area contributed by atoms with Crippen LogP contribution in [0.4, 0.5) is 13.2 Å². The topological polar surface area (TPSA) is 114 Å². The molecule has 3 aromatic heterocycles. The number of sulfonamides is 1. The highest BCUT2D eigenvalue weighted by Crippen LogP contribution is 2.30. The first kappa shape index (κ1) is 24.7. The number of hydrogen-bond donors (Lipinski definition) is 1. The molecule has 1 N–H and O–H groups in total. The van der Waals surface area contributed by atoms with E-state index in [0.29, 0.717) is 30.6 Å². The van der Waals surface area contributed by atoms with Gasteiger partial charge in [-0.2, -0.15) is 22.6 Å². The minimum Gasteiger partial charge on any atom is -0.347 e. The number of rotatable bonds is 5. The molecule has 0 unspecified atom stereocenters. The number of nitrogens with zero attached hydrogens (tertiary/aromatic N) is 6. The van der Waals surface area contributed by atoms with E-state index >= 15 is 0 Å². The van der Waals surface area contributed by atoms with E-state index < -0.39 is 22.1 Å². The van der Waals surface area contributed by atoms with E-state index in [9.17, 15) is 26.4 Å². The van der Waals surface area contributed by atoms with Gasteiger partial charge in [-0.1, -0.05) is 47.2 Å². The first-order valence-corrected chi connectivity index (χ1v) is 13.1. The number of aryl methyl sites for hydroxylation is 1. The lowest BCUT2D eigenvalue weighted by Crippen LogP contribution is -2.44. The molecule has 4 heterocycles. The van der Waals surface area contributed by atoms with Gasteiger partial charge >= 0.3 is 15.5 Å². The summed E-state index contributed by atoms with van der Waals surface area (Å²) in [5.74, 6) is 0.0789. The van der Waals surface area contributed by atoms with Crippen LogP contribution in [0.1, 0.15) is 27.6 Å². The lowest BCUT2D eigenvalue weighted by Gasteiger charge is -2.26. The Morgan fingerprint density at radius 3 is 2.61 bits per heavy atom. The summed E-state index contributed by atoms with van der Waals surface area (Å²) in [6.07, 6.45) is 1.64. The van der Waals surface area contributed by atoms with Gasteiger partial charge in [-0.15, -0.1) is 0 Å². The van der Waals surface area contributed by atoms with Crippen LogP contribution in [0.3, 0.4) is 0 Å². The van der Waals surface area contributed by atoms with Crippen molar-refractivity contribution in [3.05, 3.63) is 57.6 Å². The summed E-state index contributed by atoms with van der Waals surface area (Å²) in [4.78, 5) is 21.9. The van der Waals surface area contributed by atoms with Crippen LogP contribution >= 0.6 is 22.9 Å². The number of carbonyl (C=O) groups excluding carboxylic acids is 1. The van der Waals surface area contributed by atoms with E-state index in [1.54, 1.807) is 41.8 Å². The van der Waals surface area contributed by atoms with Crippen LogP contribution in [-0.4, -0.2) is 54.8 Å². The van der Waals surface area contributed by atoms with Crippen molar-refractivity contribution >= 4 is 43.8 Å². The van der Waals surface area contributed by atoms with Crippen molar-refractivity contribution in [2.45, 2.75) is 32.1 Å². The van der Waals surface area contributed by atoms with Crippen molar-refractivity contribution in [3.8, 4) is 11.4 Å². The fourth-order valence-electron chi connectivity index (χ4n) is 3.83. The molecule has 36 heavy (non-hydrogen) atoms. The highest BCUT2D eigenvalue weighted by atomic mass is 35.5. The Morgan fingerprint density at radius 2 is 1.92 bits per heavy atom. The Hall–Kier alpha value is -3.01. The summed E-state index contributed by atoms with van der Waals surface area (Å²) in [6.45, 7) is 1.07. The molecule has 5 rings (SSSR count). The Balaban J connectivity index is 1.27. The van der Waals surface area contributed by atoms with Crippen molar-refractivity contribution in [3.63, 3.8) is 0 Å². The molecule has 0 fully saturated rings. The van der Waals surface area contributed by atoms with Gasteiger partial charge in [-0.25, -0.2) is 23.1 Å². The van der Waals surface area contributed by atoms with Crippen molar-refractivity contribution in [1.29, 1.82) is 0 Å². The van der Waals surface area contributed by atoms with Crippen molar-refractivity contribution < 1.29 is 26.4 Å². The number of fused-ring (bicyclic) bond motifs is 2. The molecule has 0 spiro atoms. The third kappa shape index (κ3) is 4.36. The first-order valence-electron chi connectivity index (χ1n) is 10.5. The second-order valence-electron chi connectivity index (χ2n) is 7.97. The highest BCUT2D eigenvalue weighted by molar-refractivity contribution is 7.89. The lowest BCUT2D eigenvalue weighted by molar-refractivity contribution is -0.0496. The molecule has 1 amide bonds. The predicted octanol–water partition coefficient (Wildman–Crippen LogP) is 3.21. The van der Waals surface area contributed by atoms with Crippen LogP contribution in [0.25, 0.3) is 16.3 Å². The van der Waals surface area contributed by atoms with Gasteiger partial charge in [0, 0.05) is 24.8 Å². The Kier molecular flexibility index (Phi) is 6.05. The van der Waals surface area contributed by atoms with Crippen molar-refractivity contribution in [1.82, 2.24) is 33.8 Å². The molecule has 0 aliphatic carbocycles. The number of imidazole rings is 1. The SMILES string of the molecule is Cc1nc2sc(Cl)cn2c1C(=O)NCc1ccc(-c2nc3n(n2)CCN(S(=O)(=O)C(F)(F)F)C3)cc1. The van der Waals surface area contributed by atoms with Gasteiger partial charge in [-0.3, -0.25) is 9.20 Å². The number of carbonyl (C=O) groups is 1. The average molecular weight is 560 g/mol. The zero-order chi connectivity index (χ0) is 25.8. The van der Waals surface area contributed by atoms with Crippen LogP contribution in [-0.2, 0) is 29.7 Å². The molecule has 4 aromatic rings. The monoisotopic (exact) mass is 559 g/mol. The number of nitrogens with one attached hydrogen (secondary N) is 1. The molecule has 190 valence electrons. The third-order valence-electron chi connectivity index (χ3n) is 5.61. The molecule has 0 bridgehead atoms. The van der Waals surface area contributed by atoms with Gasteiger partial charge in [0.25, 0.3) is 5.91 Å². The van der Waals surface area contributed by atoms with Crippen LogP contribution in [0, 0.1) is 6.92 Å². The number of amides is 1. The van der Waals surface area contributed by atoms with Gasteiger partial charge in [0.2, 0.25) is 0 Å². The van der Waals surface area contributed by atoms with E-state index in [1.807, 2.05) is 0 Å². The van der Waals surface area contributed by atoms with E-state index in [-0.39, 0.29) is 37.2 Å². The third-order valence-corrected chi connectivity index (χ3v) is 8.29. The Morgan fingerprint density at radius 1 is 1.19 bits per heavy atom. The smallest absolute Gasteiger partial charge is 0.347 e. The molecule has 16 heteroatoms. The van der Waals surface area contributed by atoms with E-state index in [2.05, 4.69) is 20.4 Å². The largest absolute Gasteiger partial charge is 0.511 e. The average Bonchev–Trinajstić information content (AvgIpc) is 3.47. The minimum atomic E-state index is -5.44. The van der Waals surface area contributed by atoms with Crippen LogP contribution in [0.2, 0.25) is 4.34 Å². The number of alkyl halides is 3. The second-order valence-corrected chi connectivity index (χ2v) is 11.5. The summed E-state index contributed by atoms with van der Waals surface area (Å²) in [5.41, 5.74) is -3.00. The minimum absolute atomic E-state index is 0.0433. The van der Waals surface area contributed by atoms with Crippen molar-refractivity contribution in [2.75, 3.05) is 6.54 Å². The highest BCUT2D eigenvalue weighted by Gasteiger charge is 2.50. The normalized spacial score (nSPS) is 14.8. The van der Waals surface area contributed by atoms with Gasteiger partial charge in [0.05, 0.1) is 18.8 Å². The van der Waals surface area contributed by atoms with Gasteiger partial charge in [0.1, 0.15) is 15.9 Å². The second kappa shape index (κ2) is 8.83. The Labute approximate surface area is 211 Å². The number of thiazole rings is 1. The quantitative estimate of drug-likeness (QED) is 0.402. The molecule has 10 nitrogen and oxygen atoms in total. The van der Waals surface area contributed by atoms with Gasteiger partial charge in [-0.05, 0) is 12.5 Å². The molecule has 0 radical (unpaired) electrons. The zero-order valence-corrected chi connectivity index (χ0v) is 20.8. The summed E-state index contributed by atoms with van der Waals surface area (Å²) in [6, 6.07) is 6.95. The molecule has 0 saturated heterocycles. The van der Waals surface area contributed by atoms with E-state index in [0.717, 1.165) is 5.56 Å². The van der Waals surface area contributed by atoms with Gasteiger partial charge in [0.15, 0.2) is 10.8 Å². The molecule has 1 aromatic carbocycles. The van der Waals surface area contributed by atoms with E-state index in [4.69, 9.17) is 11.6 Å². The molecule has 0 saturated carbocycles. The molecular formula is C20H17ClF3N7O3S2. The lowest BCUT2D eigenvalue weighted by atomic mass is 10.1. The standard InChI is InChI=1S/C20H17ClF3N7O3S2/c1-11-16(30-9-14(21)35-19(30)26-11)18(32)25-8-12-2-4-13(5-3-12)17-27-15-10-29(6-7-31(15)28-17)36(33,34)20(22,23)24/h2-5,9H,6-8,10H2,1H3,(H,25,32). The maximum Gasteiger partial charge on any atom is 0.511 e. The van der Waals surface area contributed by atoms with Crippen LogP contribution in [0.5, 0.6) is 0 Å². The van der Waals surface area contributed by atoms with Crippen molar-refractivity contribution in [2.24, 2.45) is 0 Å². The fraction of sp³-hybridized carbons (Fsp3) is 0.300. The maximum atomic E-state index is 12.9. The fourth-order valence-corrected chi connectivity index (χ4v) is 5.79. The van der Waals surface area contributed by atoms with Gasteiger partial charge < -0.3 is 5.32 Å². The van der Waals surface area contributed by atoms with Crippen LogP contribution in [0.15, 0.2) is 30.5 Å².